The van der Waals surface area contributed by atoms with E-state index in [2.05, 4.69) is 25.9 Å². The summed E-state index contributed by atoms with van der Waals surface area (Å²) in [5.74, 6) is 1.31. The Labute approximate surface area is 118 Å². The van der Waals surface area contributed by atoms with Crippen molar-refractivity contribution < 1.29 is 0 Å². The number of nitrogen functional groups attached to an aromatic ring is 1. The monoisotopic (exact) mass is 265 g/mol. The lowest BCUT2D eigenvalue weighted by Crippen LogP contribution is -2.00. The zero-order chi connectivity index (χ0) is 14.3. The quantitative estimate of drug-likeness (QED) is 0.672. The molecule has 0 unspecified atom stereocenters. The Hall–Kier alpha value is -0.990. The normalized spacial score (nSPS) is 11.4. The second-order valence-electron chi connectivity index (χ2n) is 5.90. The number of unbranched alkanes of at least 4 members (excludes halogenated alkanes) is 6. The van der Waals surface area contributed by atoms with Gasteiger partial charge in [-0.25, -0.2) is 0 Å². The van der Waals surface area contributed by atoms with Gasteiger partial charge in [0.2, 0.25) is 0 Å². The van der Waals surface area contributed by atoms with E-state index in [1.807, 2.05) is 11.7 Å². The van der Waals surface area contributed by atoms with Crippen molar-refractivity contribution in [2.75, 3.05) is 5.73 Å². The molecule has 110 valence electrons. The van der Waals surface area contributed by atoms with Crippen LogP contribution in [-0.4, -0.2) is 9.78 Å². The number of aromatic nitrogens is 2. The summed E-state index contributed by atoms with van der Waals surface area (Å²) in [5.41, 5.74) is 8.56. The summed E-state index contributed by atoms with van der Waals surface area (Å²) in [6.07, 6.45) is 10.5. The van der Waals surface area contributed by atoms with E-state index in [-0.39, 0.29) is 0 Å². The molecule has 0 spiro atoms. The first-order valence-corrected chi connectivity index (χ1v) is 7.89. The molecule has 0 aliphatic carbocycles. The molecular weight excluding hydrogens is 234 g/mol. The second-order valence-corrected chi connectivity index (χ2v) is 5.90. The fourth-order valence-electron chi connectivity index (χ4n) is 2.67. The minimum atomic E-state index is 0.466. The number of hydrogen-bond donors (Lipinski definition) is 1. The van der Waals surface area contributed by atoms with E-state index in [0.29, 0.717) is 5.92 Å². The molecule has 0 saturated carbocycles. The average Bonchev–Trinajstić information content (AvgIpc) is 2.64. The molecule has 0 amide bonds. The predicted octanol–water partition coefficient (Wildman–Crippen LogP) is 4.42. The molecule has 1 heterocycles. The first-order chi connectivity index (χ1) is 9.07. The van der Waals surface area contributed by atoms with Crippen LogP contribution >= 0.6 is 0 Å². The van der Waals surface area contributed by atoms with Gasteiger partial charge in [0, 0.05) is 12.6 Å². The second kappa shape index (κ2) is 8.23. The van der Waals surface area contributed by atoms with Crippen molar-refractivity contribution >= 4 is 5.82 Å². The third kappa shape index (κ3) is 4.88. The van der Waals surface area contributed by atoms with Crippen molar-refractivity contribution in [3.05, 3.63) is 11.3 Å². The lowest BCUT2D eigenvalue weighted by Gasteiger charge is -2.07. The summed E-state index contributed by atoms with van der Waals surface area (Å²) in [5, 5.41) is 4.57. The molecule has 2 N–H and O–H groups in total. The Morgan fingerprint density at radius 3 is 2.21 bits per heavy atom. The lowest BCUT2D eigenvalue weighted by molar-refractivity contribution is 0.584. The van der Waals surface area contributed by atoms with Crippen molar-refractivity contribution in [3.63, 3.8) is 0 Å². The van der Waals surface area contributed by atoms with Gasteiger partial charge in [-0.3, -0.25) is 4.68 Å². The highest BCUT2D eigenvalue weighted by Gasteiger charge is 2.15. The molecule has 0 aromatic carbocycles. The average molecular weight is 265 g/mol. The molecule has 0 atom stereocenters. The fourth-order valence-corrected chi connectivity index (χ4v) is 2.67. The number of rotatable bonds is 9. The molecule has 3 heteroatoms. The van der Waals surface area contributed by atoms with E-state index in [1.165, 1.54) is 56.2 Å². The van der Waals surface area contributed by atoms with E-state index >= 15 is 0 Å². The molecule has 0 aliphatic heterocycles. The summed E-state index contributed by atoms with van der Waals surface area (Å²) in [4.78, 5) is 0. The van der Waals surface area contributed by atoms with Gasteiger partial charge in [-0.1, -0.05) is 59.3 Å². The van der Waals surface area contributed by atoms with Gasteiger partial charge < -0.3 is 5.73 Å². The van der Waals surface area contributed by atoms with Gasteiger partial charge in [-0.05, 0) is 18.8 Å². The van der Waals surface area contributed by atoms with Crippen LogP contribution in [0.4, 0.5) is 5.82 Å². The van der Waals surface area contributed by atoms with Gasteiger partial charge in [0.1, 0.15) is 5.82 Å². The summed E-state index contributed by atoms with van der Waals surface area (Å²) in [6.45, 7) is 6.65. The third-order valence-electron chi connectivity index (χ3n) is 3.80. The Kier molecular flexibility index (Phi) is 6.96. The molecule has 1 aromatic heterocycles. The Morgan fingerprint density at radius 1 is 1.05 bits per heavy atom. The highest BCUT2D eigenvalue weighted by atomic mass is 15.3. The molecular formula is C16H31N3. The maximum Gasteiger partial charge on any atom is 0.125 e. The standard InChI is InChI=1S/C16H31N3/c1-5-6-7-8-9-10-11-12-14-15(13(2)3)16(17)19(4)18-14/h13H,5-12,17H2,1-4H3. The first-order valence-electron chi connectivity index (χ1n) is 7.89. The maximum atomic E-state index is 6.09. The molecule has 0 aliphatic rings. The molecule has 1 aromatic rings. The summed E-state index contributed by atoms with van der Waals surface area (Å²) in [6, 6.07) is 0. The smallest absolute Gasteiger partial charge is 0.125 e. The topological polar surface area (TPSA) is 43.8 Å². The van der Waals surface area contributed by atoms with Crippen LogP contribution in [0, 0.1) is 0 Å². The molecule has 0 bridgehead atoms. The van der Waals surface area contributed by atoms with Crippen molar-refractivity contribution in [2.45, 2.75) is 78.1 Å². The van der Waals surface area contributed by atoms with Crippen LogP contribution in [0.15, 0.2) is 0 Å². The SMILES string of the molecule is CCCCCCCCCc1nn(C)c(N)c1C(C)C. The highest BCUT2D eigenvalue weighted by molar-refractivity contribution is 5.45. The number of aryl methyl sites for hydroxylation is 2. The lowest BCUT2D eigenvalue weighted by atomic mass is 9.99. The highest BCUT2D eigenvalue weighted by Crippen LogP contribution is 2.26. The molecule has 19 heavy (non-hydrogen) atoms. The molecule has 0 radical (unpaired) electrons. The Balaban J connectivity index is 2.35. The number of anilines is 1. The van der Waals surface area contributed by atoms with E-state index in [4.69, 9.17) is 5.73 Å². The van der Waals surface area contributed by atoms with Crippen molar-refractivity contribution in [1.82, 2.24) is 9.78 Å². The van der Waals surface area contributed by atoms with Crippen LogP contribution in [-0.2, 0) is 13.5 Å². The van der Waals surface area contributed by atoms with Gasteiger partial charge in [-0.2, -0.15) is 5.10 Å². The van der Waals surface area contributed by atoms with Gasteiger partial charge in [-0.15, -0.1) is 0 Å². The van der Waals surface area contributed by atoms with Crippen LogP contribution in [0.25, 0.3) is 0 Å². The maximum absolute atomic E-state index is 6.09. The van der Waals surface area contributed by atoms with Gasteiger partial charge in [0.25, 0.3) is 0 Å². The minimum Gasteiger partial charge on any atom is -0.384 e. The zero-order valence-electron chi connectivity index (χ0n) is 13.2. The van der Waals surface area contributed by atoms with Crippen molar-refractivity contribution in [1.29, 1.82) is 0 Å². The van der Waals surface area contributed by atoms with Gasteiger partial charge in [0.05, 0.1) is 5.69 Å². The first kappa shape index (κ1) is 16.1. The molecule has 1 rings (SSSR count). The summed E-state index contributed by atoms with van der Waals surface area (Å²) < 4.78 is 1.83. The number of nitrogens with zero attached hydrogens (tertiary/aromatic N) is 2. The van der Waals surface area contributed by atoms with Crippen LogP contribution in [0.1, 0.15) is 82.9 Å². The van der Waals surface area contributed by atoms with E-state index in [9.17, 15) is 0 Å². The van der Waals surface area contributed by atoms with Gasteiger partial charge in [0.15, 0.2) is 0 Å². The minimum absolute atomic E-state index is 0.466. The van der Waals surface area contributed by atoms with Crippen LogP contribution in [0.3, 0.4) is 0 Å². The molecule has 0 saturated heterocycles. The molecule has 3 nitrogen and oxygen atoms in total. The van der Waals surface area contributed by atoms with E-state index in [1.54, 1.807) is 0 Å². The largest absolute Gasteiger partial charge is 0.384 e. The van der Waals surface area contributed by atoms with Crippen molar-refractivity contribution in [2.24, 2.45) is 7.05 Å². The Bertz CT molecular complexity index is 366. The van der Waals surface area contributed by atoms with Gasteiger partial charge >= 0.3 is 0 Å². The zero-order valence-corrected chi connectivity index (χ0v) is 13.2. The van der Waals surface area contributed by atoms with Crippen LogP contribution < -0.4 is 5.73 Å². The Morgan fingerprint density at radius 2 is 1.63 bits per heavy atom. The molecule has 0 fully saturated rings. The summed E-state index contributed by atoms with van der Waals surface area (Å²) in [7, 11) is 1.94. The summed E-state index contributed by atoms with van der Waals surface area (Å²) >= 11 is 0. The fraction of sp³-hybridized carbons (Fsp3) is 0.812. The van der Waals surface area contributed by atoms with E-state index < -0.39 is 0 Å². The van der Waals surface area contributed by atoms with E-state index in [0.717, 1.165) is 12.2 Å². The third-order valence-corrected chi connectivity index (χ3v) is 3.80. The van der Waals surface area contributed by atoms with Crippen molar-refractivity contribution in [3.8, 4) is 0 Å². The predicted molar refractivity (Wildman–Crippen MR) is 83.4 cm³/mol. The number of hydrogen-bond acceptors (Lipinski definition) is 2. The number of nitrogens with two attached hydrogens (primary N) is 1. The van der Waals surface area contributed by atoms with Crippen LogP contribution in [0.2, 0.25) is 0 Å². The van der Waals surface area contributed by atoms with Crippen LogP contribution in [0.5, 0.6) is 0 Å².